The standard InChI is InChI=1S/C22H25Cl3N2O2S/c1-3-20(22(29)26-4-2)27(12-16-8-9-18(24)11-19(16)25)21(28)14-30-13-15-6-5-7-17(23)10-15/h5-11,20H,3-4,12-14H2,1-2H3,(H,26,29). The van der Waals surface area contributed by atoms with E-state index >= 15 is 0 Å². The first-order valence-electron chi connectivity index (χ1n) is 9.69. The van der Waals surface area contributed by atoms with Crippen LogP contribution in [0.25, 0.3) is 0 Å². The number of rotatable bonds is 10. The van der Waals surface area contributed by atoms with Crippen molar-refractivity contribution >= 4 is 58.4 Å². The van der Waals surface area contributed by atoms with Crippen molar-refractivity contribution < 1.29 is 9.59 Å². The summed E-state index contributed by atoms with van der Waals surface area (Å²) in [4.78, 5) is 27.3. The lowest BCUT2D eigenvalue weighted by Gasteiger charge is -2.30. The summed E-state index contributed by atoms with van der Waals surface area (Å²) in [7, 11) is 0. The maximum atomic E-state index is 13.1. The number of amides is 2. The molecule has 1 unspecified atom stereocenters. The highest BCUT2D eigenvalue weighted by Gasteiger charge is 2.28. The molecule has 2 aromatic carbocycles. The molecule has 0 aromatic heterocycles. The van der Waals surface area contributed by atoms with Crippen molar-refractivity contribution in [1.82, 2.24) is 10.2 Å². The van der Waals surface area contributed by atoms with Crippen molar-refractivity contribution in [2.45, 2.75) is 38.6 Å². The monoisotopic (exact) mass is 486 g/mol. The number of thioether (sulfide) groups is 1. The van der Waals surface area contributed by atoms with Crippen LogP contribution in [0, 0.1) is 0 Å². The van der Waals surface area contributed by atoms with E-state index in [1.807, 2.05) is 38.1 Å². The van der Waals surface area contributed by atoms with E-state index in [4.69, 9.17) is 34.8 Å². The molecule has 162 valence electrons. The first-order valence-corrected chi connectivity index (χ1v) is 12.0. The van der Waals surface area contributed by atoms with E-state index in [0.717, 1.165) is 11.1 Å². The van der Waals surface area contributed by atoms with Crippen LogP contribution in [0.2, 0.25) is 15.1 Å². The molecule has 0 heterocycles. The zero-order chi connectivity index (χ0) is 22.1. The topological polar surface area (TPSA) is 49.4 Å². The molecule has 2 amide bonds. The summed E-state index contributed by atoms with van der Waals surface area (Å²) in [6, 6.07) is 12.1. The van der Waals surface area contributed by atoms with E-state index in [1.165, 1.54) is 11.8 Å². The molecule has 30 heavy (non-hydrogen) atoms. The van der Waals surface area contributed by atoms with Gasteiger partial charge in [-0.2, -0.15) is 0 Å². The second-order valence-corrected chi connectivity index (χ2v) is 8.96. The summed E-state index contributed by atoms with van der Waals surface area (Å²) in [5.41, 5.74) is 1.79. The van der Waals surface area contributed by atoms with E-state index in [9.17, 15) is 9.59 Å². The Kier molecular flexibility index (Phi) is 10.3. The summed E-state index contributed by atoms with van der Waals surface area (Å²) in [6.45, 7) is 4.49. The fourth-order valence-electron chi connectivity index (χ4n) is 3.01. The third-order valence-electron chi connectivity index (χ3n) is 4.48. The van der Waals surface area contributed by atoms with Gasteiger partial charge in [0.25, 0.3) is 0 Å². The Morgan fingerprint density at radius 2 is 1.80 bits per heavy atom. The van der Waals surface area contributed by atoms with Gasteiger partial charge in [0, 0.05) is 33.9 Å². The van der Waals surface area contributed by atoms with Crippen molar-refractivity contribution in [3.8, 4) is 0 Å². The van der Waals surface area contributed by atoms with Crippen molar-refractivity contribution in [2.75, 3.05) is 12.3 Å². The molecule has 0 saturated heterocycles. The van der Waals surface area contributed by atoms with E-state index in [2.05, 4.69) is 5.32 Å². The highest BCUT2D eigenvalue weighted by Crippen LogP contribution is 2.24. The van der Waals surface area contributed by atoms with Gasteiger partial charge < -0.3 is 10.2 Å². The fourth-order valence-corrected chi connectivity index (χ4v) is 4.55. The van der Waals surface area contributed by atoms with Crippen LogP contribution in [0.4, 0.5) is 0 Å². The molecular weight excluding hydrogens is 463 g/mol. The number of hydrogen-bond donors (Lipinski definition) is 1. The first-order chi connectivity index (χ1) is 14.3. The smallest absolute Gasteiger partial charge is 0.242 e. The predicted molar refractivity (Wildman–Crippen MR) is 127 cm³/mol. The van der Waals surface area contributed by atoms with Crippen LogP contribution in [-0.4, -0.2) is 35.1 Å². The minimum atomic E-state index is -0.573. The normalized spacial score (nSPS) is 11.8. The summed E-state index contributed by atoms with van der Waals surface area (Å²) in [5, 5.41) is 4.48. The van der Waals surface area contributed by atoms with Crippen LogP contribution in [-0.2, 0) is 21.9 Å². The molecule has 2 rings (SSSR count). The molecular formula is C22H25Cl3N2O2S. The molecule has 0 bridgehead atoms. The van der Waals surface area contributed by atoms with Gasteiger partial charge in [-0.05, 0) is 48.7 Å². The summed E-state index contributed by atoms with van der Waals surface area (Å²) >= 11 is 19.8. The quantitative estimate of drug-likeness (QED) is 0.459. The molecule has 4 nitrogen and oxygen atoms in total. The lowest BCUT2D eigenvalue weighted by atomic mass is 10.1. The zero-order valence-electron chi connectivity index (χ0n) is 17.0. The van der Waals surface area contributed by atoms with Crippen LogP contribution in [0.1, 0.15) is 31.4 Å². The lowest BCUT2D eigenvalue weighted by molar-refractivity contribution is -0.139. The highest BCUT2D eigenvalue weighted by atomic mass is 35.5. The van der Waals surface area contributed by atoms with Gasteiger partial charge in [-0.1, -0.05) is 59.9 Å². The van der Waals surface area contributed by atoms with Gasteiger partial charge in [-0.15, -0.1) is 11.8 Å². The van der Waals surface area contributed by atoms with Crippen LogP contribution in [0.15, 0.2) is 42.5 Å². The van der Waals surface area contributed by atoms with E-state index in [-0.39, 0.29) is 24.1 Å². The molecule has 0 fully saturated rings. The number of carbonyl (C=O) groups excluding carboxylic acids is 2. The van der Waals surface area contributed by atoms with Gasteiger partial charge in [0.05, 0.1) is 5.75 Å². The molecule has 0 aliphatic carbocycles. The van der Waals surface area contributed by atoms with Gasteiger partial charge in [-0.3, -0.25) is 9.59 Å². The fraction of sp³-hybridized carbons (Fsp3) is 0.364. The zero-order valence-corrected chi connectivity index (χ0v) is 20.0. The Hall–Kier alpha value is -1.40. The molecule has 0 aliphatic heterocycles. The second-order valence-electron chi connectivity index (χ2n) is 6.70. The maximum absolute atomic E-state index is 13.1. The molecule has 1 N–H and O–H groups in total. The number of likely N-dealkylation sites (N-methyl/N-ethyl adjacent to an activating group) is 1. The number of nitrogens with zero attached hydrogens (tertiary/aromatic N) is 1. The third-order valence-corrected chi connectivity index (χ3v) is 6.29. The lowest BCUT2D eigenvalue weighted by Crippen LogP contribution is -2.49. The molecule has 0 spiro atoms. The van der Waals surface area contributed by atoms with Crippen molar-refractivity contribution in [2.24, 2.45) is 0 Å². The van der Waals surface area contributed by atoms with Gasteiger partial charge >= 0.3 is 0 Å². The number of benzene rings is 2. The van der Waals surface area contributed by atoms with E-state index in [1.54, 1.807) is 23.1 Å². The van der Waals surface area contributed by atoms with E-state index < -0.39 is 6.04 Å². The van der Waals surface area contributed by atoms with Crippen LogP contribution in [0.5, 0.6) is 0 Å². The highest BCUT2D eigenvalue weighted by molar-refractivity contribution is 7.99. The molecule has 0 aliphatic rings. The Bertz CT molecular complexity index is 879. The van der Waals surface area contributed by atoms with Gasteiger partial charge in [0.15, 0.2) is 0 Å². The van der Waals surface area contributed by atoms with E-state index in [0.29, 0.717) is 33.8 Å². The van der Waals surface area contributed by atoms with Gasteiger partial charge in [0.1, 0.15) is 6.04 Å². The Morgan fingerprint density at radius 3 is 2.43 bits per heavy atom. The molecule has 8 heteroatoms. The number of nitrogens with one attached hydrogen (secondary N) is 1. The average Bonchev–Trinajstić information content (AvgIpc) is 2.69. The summed E-state index contributed by atoms with van der Waals surface area (Å²) in [5.74, 6) is 0.609. The predicted octanol–water partition coefficient (Wildman–Crippen LogP) is 5.82. The summed E-state index contributed by atoms with van der Waals surface area (Å²) in [6.07, 6.45) is 0.502. The van der Waals surface area contributed by atoms with Crippen molar-refractivity contribution in [1.29, 1.82) is 0 Å². The second kappa shape index (κ2) is 12.5. The van der Waals surface area contributed by atoms with Crippen molar-refractivity contribution in [3.63, 3.8) is 0 Å². The minimum absolute atomic E-state index is 0.119. The number of hydrogen-bond acceptors (Lipinski definition) is 3. The molecule has 0 radical (unpaired) electrons. The Labute approximate surface area is 197 Å². The van der Waals surface area contributed by atoms with Crippen LogP contribution in [0.3, 0.4) is 0 Å². The maximum Gasteiger partial charge on any atom is 0.242 e. The van der Waals surface area contributed by atoms with Crippen LogP contribution >= 0.6 is 46.6 Å². The Balaban J connectivity index is 2.15. The number of halogens is 3. The molecule has 0 saturated carbocycles. The average molecular weight is 488 g/mol. The number of carbonyl (C=O) groups is 2. The Morgan fingerprint density at radius 1 is 1.07 bits per heavy atom. The summed E-state index contributed by atoms with van der Waals surface area (Å²) < 4.78 is 0. The van der Waals surface area contributed by atoms with Crippen LogP contribution < -0.4 is 5.32 Å². The molecule has 1 atom stereocenters. The largest absolute Gasteiger partial charge is 0.355 e. The van der Waals surface area contributed by atoms with Gasteiger partial charge in [-0.25, -0.2) is 0 Å². The minimum Gasteiger partial charge on any atom is -0.355 e. The van der Waals surface area contributed by atoms with Gasteiger partial charge in [0.2, 0.25) is 11.8 Å². The third kappa shape index (κ3) is 7.38. The molecule has 2 aromatic rings. The van der Waals surface area contributed by atoms with Crippen molar-refractivity contribution in [3.05, 3.63) is 68.7 Å². The first kappa shape index (κ1) is 24.9. The SMILES string of the molecule is CCNC(=O)C(CC)N(Cc1ccc(Cl)cc1Cl)C(=O)CSCc1cccc(Cl)c1.